The summed E-state index contributed by atoms with van der Waals surface area (Å²) in [4.78, 5) is 10.4. The van der Waals surface area contributed by atoms with Crippen LogP contribution in [0.1, 0.15) is 26.7 Å². The minimum atomic E-state index is -0.596. The summed E-state index contributed by atoms with van der Waals surface area (Å²) in [5, 5.41) is 0. The van der Waals surface area contributed by atoms with Crippen molar-refractivity contribution in [2.45, 2.75) is 51.0 Å². The SMILES string of the molecule is C=C[C@H]1O[C@@H]2OC(C)(C)O[C@@H]2[C@@H]1CCC=O. The number of hydrogen-bond donors (Lipinski definition) is 0. The fraction of sp³-hybridized carbons (Fsp3) is 0.750. The van der Waals surface area contributed by atoms with Crippen molar-refractivity contribution >= 4 is 6.29 Å². The maximum Gasteiger partial charge on any atom is 0.188 e. The van der Waals surface area contributed by atoms with Crippen molar-refractivity contribution in [1.82, 2.24) is 0 Å². The first kappa shape index (κ1) is 11.8. The average molecular weight is 226 g/mol. The number of fused-ring (bicyclic) bond motifs is 1. The van der Waals surface area contributed by atoms with E-state index in [-0.39, 0.29) is 24.4 Å². The monoisotopic (exact) mass is 226 g/mol. The van der Waals surface area contributed by atoms with E-state index in [4.69, 9.17) is 14.2 Å². The van der Waals surface area contributed by atoms with Gasteiger partial charge in [0.1, 0.15) is 12.4 Å². The lowest BCUT2D eigenvalue weighted by Crippen LogP contribution is -2.29. The first-order valence-electron chi connectivity index (χ1n) is 5.64. The molecule has 16 heavy (non-hydrogen) atoms. The van der Waals surface area contributed by atoms with E-state index in [2.05, 4.69) is 6.58 Å². The zero-order valence-electron chi connectivity index (χ0n) is 9.72. The average Bonchev–Trinajstić information content (AvgIpc) is 2.67. The van der Waals surface area contributed by atoms with Gasteiger partial charge in [0.25, 0.3) is 0 Å². The Morgan fingerprint density at radius 1 is 1.38 bits per heavy atom. The molecule has 0 saturated carbocycles. The maximum atomic E-state index is 10.4. The molecule has 4 atom stereocenters. The molecule has 2 aliphatic rings. The molecule has 4 heteroatoms. The van der Waals surface area contributed by atoms with Crippen molar-refractivity contribution in [2.24, 2.45) is 5.92 Å². The number of hydrogen-bond acceptors (Lipinski definition) is 4. The second-order valence-electron chi connectivity index (χ2n) is 4.71. The summed E-state index contributed by atoms with van der Waals surface area (Å²) < 4.78 is 17.1. The molecule has 2 saturated heterocycles. The quantitative estimate of drug-likeness (QED) is 0.540. The minimum Gasteiger partial charge on any atom is -0.342 e. The van der Waals surface area contributed by atoms with Gasteiger partial charge in [-0.2, -0.15) is 0 Å². The van der Waals surface area contributed by atoms with Crippen LogP contribution < -0.4 is 0 Å². The molecular weight excluding hydrogens is 208 g/mol. The van der Waals surface area contributed by atoms with Crippen LogP contribution in [0.5, 0.6) is 0 Å². The van der Waals surface area contributed by atoms with Gasteiger partial charge >= 0.3 is 0 Å². The second kappa shape index (κ2) is 4.28. The minimum absolute atomic E-state index is 0.0777. The molecule has 2 heterocycles. The smallest absolute Gasteiger partial charge is 0.188 e. The van der Waals surface area contributed by atoms with Crippen molar-refractivity contribution in [3.05, 3.63) is 12.7 Å². The molecule has 0 radical (unpaired) electrons. The molecule has 0 aromatic carbocycles. The zero-order valence-corrected chi connectivity index (χ0v) is 9.72. The van der Waals surface area contributed by atoms with E-state index in [1.807, 2.05) is 13.8 Å². The summed E-state index contributed by atoms with van der Waals surface area (Å²) in [6.07, 6.45) is 3.47. The van der Waals surface area contributed by atoms with Crippen LogP contribution in [0.3, 0.4) is 0 Å². The van der Waals surface area contributed by atoms with Crippen LogP contribution in [-0.4, -0.2) is 30.6 Å². The van der Waals surface area contributed by atoms with Crippen LogP contribution in [0, 0.1) is 5.92 Å². The van der Waals surface area contributed by atoms with Gasteiger partial charge in [0.05, 0.1) is 6.10 Å². The standard InChI is InChI=1S/C12H18O4/c1-4-9-8(6-5-7-13)10-11(14-9)16-12(2,3)15-10/h4,7-11H,1,5-6H2,2-3H3/t8-,9-,10-,11-/m1/s1. The maximum absolute atomic E-state index is 10.4. The molecule has 2 fully saturated rings. The van der Waals surface area contributed by atoms with E-state index in [9.17, 15) is 4.79 Å². The predicted molar refractivity (Wildman–Crippen MR) is 57.7 cm³/mol. The number of carbonyl (C=O) groups excluding carboxylic acids is 1. The highest BCUT2D eigenvalue weighted by molar-refractivity contribution is 5.49. The van der Waals surface area contributed by atoms with Gasteiger partial charge in [-0.15, -0.1) is 6.58 Å². The van der Waals surface area contributed by atoms with Gasteiger partial charge in [0.15, 0.2) is 12.1 Å². The number of carbonyl (C=O) groups is 1. The van der Waals surface area contributed by atoms with Crippen molar-refractivity contribution in [1.29, 1.82) is 0 Å². The third-order valence-electron chi connectivity index (χ3n) is 3.07. The third-order valence-corrected chi connectivity index (χ3v) is 3.07. The molecule has 0 unspecified atom stereocenters. The Balaban J connectivity index is 2.07. The van der Waals surface area contributed by atoms with Gasteiger partial charge in [0.2, 0.25) is 0 Å². The third kappa shape index (κ3) is 2.05. The molecule has 0 aromatic rings. The first-order chi connectivity index (χ1) is 7.57. The van der Waals surface area contributed by atoms with Gasteiger partial charge in [-0.25, -0.2) is 0 Å². The van der Waals surface area contributed by atoms with Crippen LogP contribution in [0.15, 0.2) is 12.7 Å². The van der Waals surface area contributed by atoms with Crippen LogP contribution in [0.2, 0.25) is 0 Å². The summed E-state index contributed by atoms with van der Waals surface area (Å²) in [6, 6.07) is 0. The van der Waals surface area contributed by atoms with E-state index in [0.717, 1.165) is 12.7 Å². The molecule has 0 bridgehead atoms. The second-order valence-corrected chi connectivity index (χ2v) is 4.71. The predicted octanol–water partition coefficient (Wildman–Crippen LogP) is 1.64. The van der Waals surface area contributed by atoms with Crippen LogP contribution >= 0.6 is 0 Å². The molecule has 0 N–H and O–H groups in total. The highest BCUT2D eigenvalue weighted by atomic mass is 16.8. The number of aldehydes is 1. The molecule has 0 aromatic heterocycles. The van der Waals surface area contributed by atoms with E-state index < -0.39 is 5.79 Å². The van der Waals surface area contributed by atoms with Crippen molar-refractivity contribution in [3.63, 3.8) is 0 Å². The molecule has 0 spiro atoms. The number of ether oxygens (including phenoxy) is 3. The van der Waals surface area contributed by atoms with Crippen LogP contribution in [-0.2, 0) is 19.0 Å². The lowest BCUT2D eigenvalue weighted by atomic mass is 9.93. The summed E-state index contributed by atoms with van der Waals surface area (Å²) in [7, 11) is 0. The fourth-order valence-corrected chi connectivity index (χ4v) is 2.41. The summed E-state index contributed by atoms with van der Waals surface area (Å²) in [6.45, 7) is 7.48. The highest BCUT2D eigenvalue weighted by Gasteiger charge is 2.53. The van der Waals surface area contributed by atoms with E-state index >= 15 is 0 Å². The largest absolute Gasteiger partial charge is 0.342 e. The van der Waals surface area contributed by atoms with E-state index in [1.165, 1.54) is 0 Å². The van der Waals surface area contributed by atoms with Gasteiger partial charge in [0, 0.05) is 12.3 Å². The van der Waals surface area contributed by atoms with E-state index in [0.29, 0.717) is 6.42 Å². The Bertz CT molecular complexity index is 287. The first-order valence-corrected chi connectivity index (χ1v) is 5.64. The molecule has 4 nitrogen and oxygen atoms in total. The van der Waals surface area contributed by atoms with Crippen molar-refractivity contribution in [2.75, 3.05) is 0 Å². The Morgan fingerprint density at radius 3 is 2.75 bits per heavy atom. The van der Waals surface area contributed by atoms with Crippen LogP contribution in [0.4, 0.5) is 0 Å². The lowest BCUT2D eigenvalue weighted by molar-refractivity contribution is -0.205. The highest BCUT2D eigenvalue weighted by Crippen LogP contribution is 2.42. The van der Waals surface area contributed by atoms with E-state index in [1.54, 1.807) is 6.08 Å². The molecule has 0 aliphatic carbocycles. The lowest BCUT2D eigenvalue weighted by Gasteiger charge is -2.23. The Labute approximate surface area is 95.6 Å². The topological polar surface area (TPSA) is 44.8 Å². The normalized spacial score (nSPS) is 40.6. The van der Waals surface area contributed by atoms with Crippen molar-refractivity contribution in [3.8, 4) is 0 Å². The zero-order chi connectivity index (χ0) is 11.8. The summed E-state index contributed by atoms with van der Waals surface area (Å²) in [5.74, 6) is -0.435. The summed E-state index contributed by atoms with van der Waals surface area (Å²) in [5.41, 5.74) is 0. The Kier molecular flexibility index (Phi) is 3.15. The molecule has 2 rings (SSSR count). The molecule has 90 valence electrons. The number of rotatable bonds is 4. The Hall–Kier alpha value is -0.710. The van der Waals surface area contributed by atoms with Gasteiger partial charge in [-0.3, -0.25) is 0 Å². The molecular formula is C12H18O4. The fourth-order valence-electron chi connectivity index (χ4n) is 2.41. The molecule has 2 aliphatic heterocycles. The van der Waals surface area contributed by atoms with Gasteiger partial charge in [-0.1, -0.05) is 6.08 Å². The molecule has 0 amide bonds. The Morgan fingerprint density at radius 2 is 2.12 bits per heavy atom. The van der Waals surface area contributed by atoms with Crippen LogP contribution in [0.25, 0.3) is 0 Å². The van der Waals surface area contributed by atoms with Gasteiger partial charge < -0.3 is 19.0 Å². The summed E-state index contributed by atoms with van der Waals surface area (Å²) >= 11 is 0. The van der Waals surface area contributed by atoms with Gasteiger partial charge in [-0.05, 0) is 20.3 Å². The van der Waals surface area contributed by atoms with Crippen molar-refractivity contribution < 1.29 is 19.0 Å².